The lowest BCUT2D eigenvalue weighted by Crippen LogP contribution is -2.54. The fourth-order valence-corrected chi connectivity index (χ4v) is 3.89. The van der Waals surface area contributed by atoms with Crippen molar-refractivity contribution in [1.29, 1.82) is 0 Å². The summed E-state index contributed by atoms with van der Waals surface area (Å²) in [5.74, 6) is -5.00. The molecule has 1 aromatic carbocycles. The van der Waals surface area contributed by atoms with Crippen LogP contribution in [0.5, 0.6) is 0 Å². The maximum atomic E-state index is 13.1. The summed E-state index contributed by atoms with van der Waals surface area (Å²) >= 11 is 0. The second-order valence-corrected chi connectivity index (χ2v) is 7.79. The number of hydrogen-bond acceptors (Lipinski definition) is 8. The Morgan fingerprint density at radius 3 is 2.13 bits per heavy atom. The monoisotopic (exact) mass is 420 g/mol. The van der Waals surface area contributed by atoms with Crippen molar-refractivity contribution in [3.63, 3.8) is 0 Å². The van der Waals surface area contributed by atoms with E-state index in [2.05, 4.69) is 10.6 Å². The summed E-state index contributed by atoms with van der Waals surface area (Å²) in [5.41, 5.74) is 0.707. The van der Waals surface area contributed by atoms with Crippen molar-refractivity contribution in [1.82, 2.24) is 10.6 Å². The molecule has 0 saturated carbocycles. The van der Waals surface area contributed by atoms with E-state index < -0.39 is 54.8 Å². The largest absolute Gasteiger partial charge is 0.475 e. The summed E-state index contributed by atoms with van der Waals surface area (Å²) in [5, 5.41) is 24.9. The molecule has 4 N–H and O–H groups in total. The minimum Gasteiger partial charge on any atom is -0.469 e. The molecule has 0 radical (unpaired) electrons. The summed E-state index contributed by atoms with van der Waals surface area (Å²) in [4.78, 5) is 38.2. The van der Waals surface area contributed by atoms with Crippen LogP contribution >= 0.6 is 0 Å². The number of benzene rings is 1. The van der Waals surface area contributed by atoms with Crippen molar-refractivity contribution in [3.05, 3.63) is 35.9 Å². The third kappa shape index (κ3) is 5.38. The van der Waals surface area contributed by atoms with Gasteiger partial charge < -0.3 is 24.8 Å². The molecule has 1 aliphatic heterocycles. The maximum Gasteiger partial charge on any atom is 0.475 e. The summed E-state index contributed by atoms with van der Waals surface area (Å²) in [6, 6.07) is 7.15. The molecule has 0 aliphatic carbocycles. The zero-order valence-corrected chi connectivity index (χ0v) is 17.6. The van der Waals surface area contributed by atoms with E-state index in [1.54, 1.807) is 24.3 Å². The third-order valence-electron chi connectivity index (χ3n) is 5.26. The Morgan fingerprint density at radius 2 is 1.63 bits per heavy atom. The molecule has 5 unspecified atom stereocenters. The molecule has 0 aromatic heterocycles. The zero-order valence-electron chi connectivity index (χ0n) is 17.6. The van der Waals surface area contributed by atoms with E-state index in [9.17, 15) is 24.4 Å². The van der Waals surface area contributed by atoms with E-state index in [1.165, 1.54) is 14.2 Å². The molecule has 30 heavy (non-hydrogen) atoms. The molecule has 9 nitrogen and oxygen atoms in total. The third-order valence-corrected chi connectivity index (χ3v) is 5.26. The van der Waals surface area contributed by atoms with Crippen LogP contribution in [0.25, 0.3) is 0 Å². The molecule has 1 aliphatic rings. The average Bonchev–Trinajstić information content (AvgIpc) is 3.13. The highest BCUT2D eigenvalue weighted by Gasteiger charge is 2.55. The number of rotatable bonds is 8. The Kier molecular flexibility index (Phi) is 8.39. The smallest absolute Gasteiger partial charge is 0.469 e. The van der Waals surface area contributed by atoms with Gasteiger partial charge in [-0.3, -0.25) is 19.7 Å². The number of ether oxygens (including phenoxy) is 2. The van der Waals surface area contributed by atoms with Gasteiger partial charge in [-0.1, -0.05) is 44.2 Å². The summed E-state index contributed by atoms with van der Waals surface area (Å²) in [7, 11) is 0.628. The van der Waals surface area contributed by atoms with E-state index in [0.29, 0.717) is 12.0 Å². The van der Waals surface area contributed by atoms with Crippen molar-refractivity contribution in [2.75, 3.05) is 14.2 Å². The standard InChI is InChI=1S/C20H29BN2O7/c1-11(2)10-13(21(27)28)22-18(24)17-15(20(26)30-4)14(19(25)29-3)16(23-17)12-8-6-5-7-9-12/h5-9,11,13-17,23,27-28H,10H2,1-4H3,(H,22,24). The number of methoxy groups -OCH3 is 2. The van der Waals surface area contributed by atoms with Crippen LogP contribution < -0.4 is 10.6 Å². The number of carbonyl (C=O) groups is 3. The minimum atomic E-state index is -1.77. The van der Waals surface area contributed by atoms with Gasteiger partial charge in [0, 0.05) is 6.04 Å². The maximum absolute atomic E-state index is 13.1. The van der Waals surface area contributed by atoms with Crippen LogP contribution in [0.4, 0.5) is 0 Å². The fourth-order valence-electron chi connectivity index (χ4n) is 3.89. The SMILES string of the molecule is COC(=O)C1C(C(=O)NC(CC(C)C)B(O)O)NC(c2ccccc2)C1C(=O)OC. The molecule has 10 heteroatoms. The van der Waals surface area contributed by atoms with Gasteiger partial charge in [-0.2, -0.15) is 0 Å². The van der Waals surface area contributed by atoms with Gasteiger partial charge >= 0.3 is 19.1 Å². The van der Waals surface area contributed by atoms with Gasteiger partial charge in [-0.25, -0.2) is 0 Å². The van der Waals surface area contributed by atoms with Gasteiger partial charge in [-0.15, -0.1) is 0 Å². The normalized spacial score (nSPS) is 24.2. The van der Waals surface area contributed by atoms with Crippen LogP contribution in [-0.2, 0) is 23.9 Å². The Balaban J connectivity index is 2.39. The fraction of sp³-hybridized carbons (Fsp3) is 0.550. The number of esters is 2. The Bertz CT molecular complexity index is 744. The summed E-state index contributed by atoms with van der Waals surface area (Å²) in [6.07, 6.45) is 0.321. The first kappa shape index (κ1) is 23.9. The van der Waals surface area contributed by atoms with Gasteiger partial charge in [0.05, 0.1) is 32.0 Å². The molecule has 5 atom stereocenters. The van der Waals surface area contributed by atoms with Crippen LogP contribution in [0, 0.1) is 17.8 Å². The molecule has 164 valence electrons. The lowest BCUT2D eigenvalue weighted by Gasteiger charge is -2.24. The first-order valence-electron chi connectivity index (χ1n) is 9.84. The van der Waals surface area contributed by atoms with Crippen molar-refractivity contribution in [2.24, 2.45) is 17.8 Å². The van der Waals surface area contributed by atoms with Crippen molar-refractivity contribution >= 4 is 25.0 Å². The summed E-state index contributed by atoms with van der Waals surface area (Å²) in [6.45, 7) is 3.76. The van der Waals surface area contributed by atoms with Gasteiger partial charge in [0.2, 0.25) is 5.91 Å². The highest BCUT2D eigenvalue weighted by atomic mass is 16.5. The quantitative estimate of drug-likeness (QED) is 0.336. The van der Waals surface area contributed by atoms with E-state index >= 15 is 0 Å². The lowest BCUT2D eigenvalue weighted by molar-refractivity contribution is -0.157. The molecule has 0 spiro atoms. The van der Waals surface area contributed by atoms with Crippen LogP contribution in [0.2, 0.25) is 0 Å². The van der Waals surface area contributed by atoms with Crippen LogP contribution in [0.15, 0.2) is 30.3 Å². The number of carbonyl (C=O) groups excluding carboxylic acids is 3. The molecule has 1 aromatic rings. The van der Waals surface area contributed by atoms with Crippen molar-refractivity contribution in [3.8, 4) is 0 Å². The molecule has 1 saturated heterocycles. The first-order chi connectivity index (χ1) is 14.2. The number of hydrogen-bond donors (Lipinski definition) is 4. The average molecular weight is 420 g/mol. The molecule has 1 fully saturated rings. The predicted octanol–water partition coefficient (Wildman–Crippen LogP) is -0.179. The Labute approximate surface area is 176 Å². The van der Waals surface area contributed by atoms with Gasteiger partial charge in [0.25, 0.3) is 0 Å². The van der Waals surface area contributed by atoms with E-state index in [1.807, 2.05) is 19.9 Å². The van der Waals surface area contributed by atoms with E-state index in [0.717, 1.165) is 0 Å². The lowest BCUT2D eigenvalue weighted by atomic mass is 9.74. The topological polar surface area (TPSA) is 134 Å². The van der Waals surface area contributed by atoms with Gasteiger partial charge in [0.1, 0.15) is 6.04 Å². The molecule has 2 rings (SSSR count). The van der Waals surface area contributed by atoms with E-state index in [4.69, 9.17) is 9.47 Å². The highest BCUT2D eigenvalue weighted by Crippen LogP contribution is 2.39. The number of nitrogens with one attached hydrogen (secondary N) is 2. The van der Waals surface area contributed by atoms with Crippen molar-refractivity contribution < 1.29 is 33.9 Å². The van der Waals surface area contributed by atoms with Crippen molar-refractivity contribution in [2.45, 2.75) is 38.3 Å². The molecular weight excluding hydrogens is 391 g/mol. The van der Waals surface area contributed by atoms with E-state index in [-0.39, 0.29) is 5.92 Å². The highest BCUT2D eigenvalue weighted by molar-refractivity contribution is 6.43. The predicted molar refractivity (Wildman–Crippen MR) is 109 cm³/mol. The van der Waals surface area contributed by atoms with Gasteiger partial charge in [0.15, 0.2) is 0 Å². The second kappa shape index (κ2) is 10.6. The second-order valence-electron chi connectivity index (χ2n) is 7.79. The summed E-state index contributed by atoms with van der Waals surface area (Å²) < 4.78 is 9.79. The minimum absolute atomic E-state index is 0.0879. The Hall–Kier alpha value is -2.43. The molecule has 1 amide bonds. The van der Waals surface area contributed by atoms with Crippen LogP contribution in [-0.4, -0.2) is 61.2 Å². The zero-order chi connectivity index (χ0) is 22.4. The van der Waals surface area contributed by atoms with Crippen LogP contribution in [0.3, 0.4) is 0 Å². The molecular formula is C20H29BN2O7. The first-order valence-corrected chi connectivity index (χ1v) is 9.84. The molecule has 0 bridgehead atoms. The Morgan fingerprint density at radius 1 is 1.07 bits per heavy atom. The number of amides is 1. The van der Waals surface area contributed by atoms with Gasteiger partial charge in [-0.05, 0) is 17.9 Å². The molecule has 1 heterocycles. The van der Waals surface area contributed by atoms with Crippen LogP contribution in [0.1, 0.15) is 31.9 Å².